The van der Waals surface area contributed by atoms with Crippen LogP contribution < -0.4 is 10.5 Å². The molecule has 1 aromatic carbocycles. The monoisotopic (exact) mass is 617 g/mol. The number of nitrogens with one attached hydrogen (secondary N) is 1. The van der Waals surface area contributed by atoms with Crippen LogP contribution in [0, 0.1) is 5.41 Å². The number of unbranched alkanes of at least 4 members (excludes halogenated alkanes) is 6. The van der Waals surface area contributed by atoms with Crippen LogP contribution in [0.1, 0.15) is 98.1 Å². The number of phenolic OH excluding ortho intramolecular Hbond substituents is 1. The van der Waals surface area contributed by atoms with E-state index in [9.17, 15) is 19.8 Å². The fraction of sp³-hybridized carbons (Fsp3) is 0.472. The molecular formula is C36H47N3O6. The summed E-state index contributed by atoms with van der Waals surface area (Å²) in [4.78, 5) is 32.8. The van der Waals surface area contributed by atoms with Gasteiger partial charge in [-0.15, -0.1) is 0 Å². The van der Waals surface area contributed by atoms with Crippen LogP contribution in [-0.4, -0.2) is 57.2 Å². The first kappa shape index (κ1) is 33.9. The van der Waals surface area contributed by atoms with Gasteiger partial charge in [0.05, 0.1) is 20.1 Å². The number of carbonyl (C=O) groups excluding carboxylic acids is 2. The number of H-pyrrole nitrogens is 1. The molecule has 0 saturated carbocycles. The van der Waals surface area contributed by atoms with E-state index in [0.29, 0.717) is 30.6 Å². The van der Waals surface area contributed by atoms with E-state index in [0.717, 1.165) is 67.3 Å². The molecule has 45 heavy (non-hydrogen) atoms. The lowest BCUT2D eigenvalue weighted by Crippen LogP contribution is -2.36. The van der Waals surface area contributed by atoms with E-state index in [2.05, 4.69) is 9.97 Å². The van der Waals surface area contributed by atoms with Gasteiger partial charge in [-0.3, -0.25) is 9.59 Å². The number of hydrogen-bond donors (Lipinski definition) is 5. The van der Waals surface area contributed by atoms with E-state index < -0.39 is 11.3 Å². The van der Waals surface area contributed by atoms with Crippen molar-refractivity contribution in [3.8, 4) is 11.5 Å². The third-order valence-electron chi connectivity index (χ3n) is 8.89. The molecule has 0 fully saturated rings. The predicted molar refractivity (Wildman–Crippen MR) is 175 cm³/mol. The maximum absolute atomic E-state index is 12.8. The zero-order valence-corrected chi connectivity index (χ0v) is 26.3. The number of nitrogens with zero attached hydrogens (tertiary/aromatic N) is 1. The second kappa shape index (κ2) is 16.4. The molecule has 6 N–H and O–H groups in total. The Kier molecular flexibility index (Phi) is 12.4. The highest BCUT2D eigenvalue weighted by Crippen LogP contribution is 2.53. The number of aliphatic hydroxyl groups excluding tert-OH is 2. The largest absolute Gasteiger partial charge is 0.504 e. The molecule has 0 saturated heterocycles. The highest BCUT2D eigenvalue weighted by molar-refractivity contribution is 5.99. The Morgan fingerprint density at radius 2 is 1.73 bits per heavy atom. The molecule has 242 valence electrons. The van der Waals surface area contributed by atoms with Crippen LogP contribution in [0.2, 0.25) is 0 Å². The molecule has 2 aromatic heterocycles. The van der Waals surface area contributed by atoms with E-state index in [-0.39, 0.29) is 49.1 Å². The van der Waals surface area contributed by atoms with Crippen molar-refractivity contribution < 1.29 is 29.6 Å². The lowest BCUT2D eigenvalue weighted by atomic mass is 9.63. The highest BCUT2D eigenvalue weighted by atomic mass is 16.5. The molecule has 1 aliphatic carbocycles. The number of anilines is 1. The number of benzene rings is 1. The lowest BCUT2D eigenvalue weighted by molar-refractivity contribution is -0.127. The summed E-state index contributed by atoms with van der Waals surface area (Å²) in [6.07, 6.45) is 15.6. The number of aromatic nitrogens is 2. The summed E-state index contributed by atoms with van der Waals surface area (Å²) < 4.78 is 5.58. The molecule has 0 aliphatic heterocycles. The zero-order chi connectivity index (χ0) is 32.2. The Labute approximate surface area is 265 Å². The normalized spacial score (nSPS) is 17.3. The molecular weight excluding hydrogens is 570 g/mol. The Morgan fingerprint density at radius 3 is 2.42 bits per heavy atom. The number of hydrogen-bond acceptors (Lipinski definition) is 8. The number of aromatic hydroxyl groups is 1. The van der Waals surface area contributed by atoms with Crippen molar-refractivity contribution in [3.05, 3.63) is 76.7 Å². The van der Waals surface area contributed by atoms with Gasteiger partial charge in [-0.05, 0) is 61.1 Å². The molecule has 9 heteroatoms. The second-order valence-electron chi connectivity index (χ2n) is 12.2. The summed E-state index contributed by atoms with van der Waals surface area (Å²) in [6, 6.07) is 9.33. The van der Waals surface area contributed by atoms with E-state index in [1.807, 2.05) is 42.6 Å². The minimum Gasteiger partial charge on any atom is -0.504 e. The maximum Gasteiger partial charge on any atom is 0.161 e. The van der Waals surface area contributed by atoms with Crippen LogP contribution in [0.4, 0.5) is 5.82 Å². The molecule has 0 bridgehead atoms. The minimum absolute atomic E-state index is 0.0295. The molecule has 2 atom stereocenters. The quantitative estimate of drug-likeness (QED) is 0.0851. The summed E-state index contributed by atoms with van der Waals surface area (Å²) in [6.45, 7) is 0.0360. The number of phenols is 1. The fourth-order valence-corrected chi connectivity index (χ4v) is 6.47. The number of Topliss-reactive ketones (excluding diaryl/α,β-unsaturated/α-hetero) is 2. The van der Waals surface area contributed by atoms with Crippen molar-refractivity contribution in [1.29, 1.82) is 0 Å². The van der Waals surface area contributed by atoms with E-state index in [1.54, 1.807) is 12.3 Å². The number of aliphatic hydroxyl groups is 2. The number of methoxy groups -OCH3 is 1. The van der Waals surface area contributed by atoms with Gasteiger partial charge in [-0.25, -0.2) is 4.98 Å². The van der Waals surface area contributed by atoms with Crippen molar-refractivity contribution in [2.24, 2.45) is 5.41 Å². The smallest absolute Gasteiger partial charge is 0.161 e. The van der Waals surface area contributed by atoms with Crippen molar-refractivity contribution >= 4 is 23.5 Å². The van der Waals surface area contributed by atoms with Gasteiger partial charge in [0.15, 0.2) is 11.5 Å². The first-order valence-electron chi connectivity index (χ1n) is 16.0. The summed E-state index contributed by atoms with van der Waals surface area (Å²) in [5.41, 5.74) is 9.27. The minimum atomic E-state index is -0.825. The van der Waals surface area contributed by atoms with Gasteiger partial charge in [0.2, 0.25) is 0 Å². The zero-order valence-electron chi connectivity index (χ0n) is 26.3. The number of aryl methyl sites for hydroxylation is 1. The van der Waals surface area contributed by atoms with Gasteiger partial charge in [-0.2, -0.15) is 0 Å². The van der Waals surface area contributed by atoms with Gasteiger partial charge in [0.1, 0.15) is 17.4 Å². The standard InChI is InChI=1S/C36H47N3O6/c1-45-32-21-25(12-13-28(43)22-27(42)11-7-5-3-2-4-6-8-19-40)20-31(34(32)44)33-29-15-18-39-35(37)30(29)14-16-36(33,24-41)23-26-10-9-17-38-26/h9-10,14-18,20-21,33,38,40-41,44H,2-8,11-13,19,22-24H2,1H3,(H2,37,39)/t33-,36-/m0/s1. The molecule has 9 nitrogen and oxygen atoms in total. The van der Waals surface area contributed by atoms with E-state index >= 15 is 0 Å². The molecule has 4 rings (SSSR count). The average molecular weight is 618 g/mol. The number of fused-ring (bicyclic) bond motifs is 1. The van der Waals surface area contributed by atoms with Gasteiger partial charge in [-0.1, -0.05) is 50.3 Å². The second-order valence-corrected chi connectivity index (χ2v) is 12.2. The molecule has 0 spiro atoms. The molecule has 0 unspecified atom stereocenters. The van der Waals surface area contributed by atoms with Crippen molar-refractivity contribution in [2.45, 2.75) is 83.0 Å². The molecule has 0 amide bonds. The van der Waals surface area contributed by atoms with Crippen LogP contribution in [0.5, 0.6) is 11.5 Å². The van der Waals surface area contributed by atoms with Crippen molar-refractivity contribution in [3.63, 3.8) is 0 Å². The van der Waals surface area contributed by atoms with Crippen LogP contribution >= 0.6 is 0 Å². The van der Waals surface area contributed by atoms with Crippen molar-refractivity contribution in [2.75, 3.05) is 26.1 Å². The number of carbonyl (C=O) groups is 2. The number of ether oxygens (including phenoxy) is 1. The van der Waals surface area contributed by atoms with E-state index in [1.165, 1.54) is 7.11 Å². The summed E-state index contributed by atoms with van der Waals surface area (Å²) in [5.74, 6) is -0.0562. The van der Waals surface area contributed by atoms with Crippen molar-refractivity contribution in [1.82, 2.24) is 9.97 Å². The number of aromatic amines is 1. The average Bonchev–Trinajstić information content (AvgIpc) is 3.55. The molecule has 1 aliphatic rings. The van der Waals surface area contributed by atoms with Crippen LogP contribution in [0.15, 0.2) is 48.8 Å². The first-order chi connectivity index (χ1) is 21.8. The third kappa shape index (κ3) is 8.61. The number of nitrogen functional groups attached to an aromatic ring is 1. The topological polar surface area (TPSA) is 159 Å². The fourth-order valence-electron chi connectivity index (χ4n) is 6.47. The van der Waals surface area contributed by atoms with Gasteiger partial charge < -0.3 is 30.8 Å². The van der Waals surface area contributed by atoms with Crippen LogP contribution in [0.25, 0.3) is 6.08 Å². The highest BCUT2D eigenvalue weighted by Gasteiger charge is 2.44. The predicted octanol–water partition coefficient (Wildman–Crippen LogP) is 5.66. The number of nitrogens with two attached hydrogens (primary N) is 1. The Morgan fingerprint density at radius 1 is 1.00 bits per heavy atom. The maximum atomic E-state index is 12.8. The van der Waals surface area contributed by atoms with Gasteiger partial charge in [0.25, 0.3) is 0 Å². The summed E-state index contributed by atoms with van der Waals surface area (Å²) in [7, 11) is 1.48. The van der Waals surface area contributed by atoms with Gasteiger partial charge in [0, 0.05) is 60.0 Å². The molecule has 0 radical (unpaired) electrons. The van der Waals surface area contributed by atoms with Crippen LogP contribution in [0.3, 0.4) is 0 Å². The van der Waals surface area contributed by atoms with E-state index in [4.69, 9.17) is 15.6 Å². The lowest BCUT2D eigenvalue weighted by Gasteiger charge is -2.41. The summed E-state index contributed by atoms with van der Waals surface area (Å²) >= 11 is 0. The Balaban J connectivity index is 1.50. The molecule has 2 heterocycles. The summed E-state index contributed by atoms with van der Waals surface area (Å²) in [5, 5.41) is 31.3. The SMILES string of the molecule is COc1cc(CCC(=O)CC(=O)CCCCCCCCCO)cc([C@@H]2c3ccnc(N)c3C=C[C@@]2(CO)Cc2ccc[nH]2)c1O. The molecule has 3 aromatic rings. The Bertz CT molecular complexity index is 1450. The number of ketones is 2. The first-order valence-corrected chi connectivity index (χ1v) is 16.0. The third-order valence-corrected chi connectivity index (χ3v) is 8.89. The van der Waals surface area contributed by atoms with Crippen LogP contribution in [-0.2, 0) is 22.4 Å². The Hall–Kier alpha value is -3.95. The number of pyridine rings is 1. The van der Waals surface area contributed by atoms with Gasteiger partial charge >= 0.3 is 0 Å². The number of rotatable bonds is 19.